The zero-order chi connectivity index (χ0) is 27.5. The second-order valence-corrected chi connectivity index (χ2v) is 9.00. The molecule has 0 unspecified atom stereocenters. The Bertz CT molecular complexity index is 1330. The molecule has 202 valence electrons. The fourth-order valence-electron chi connectivity index (χ4n) is 4.07. The number of carbonyl (C=O) groups excluding carboxylic acids is 1. The highest BCUT2D eigenvalue weighted by Crippen LogP contribution is 2.26. The van der Waals surface area contributed by atoms with Crippen molar-refractivity contribution >= 4 is 11.5 Å². The first-order chi connectivity index (χ1) is 19.0. The van der Waals surface area contributed by atoms with Gasteiger partial charge in [0.2, 0.25) is 0 Å². The highest BCUT2D eigenvalue weighted by molar-refractivity contribution is 5.80. The summed E-state index contributed by atoms with van der Waals surface area (Å²) in [5.41, 5.74) is 4.56. The van der Waals surface area contributed by atoms with Gasteiger partial charge in [-0.05, 0) is 77.7 Å². The number of halogens is 1. The van der Waals surface area contributed by atoms with Gasteiger partial charge in [-0.1, -0.05) is 36.1 Å². The number of nitrogens with zero attached hydrogens (tertiary/aromatic N) is 1. The van der Waals surface area contributed by atoms with E-state index in [-0.39, 0.29) is 12.4 Å². The maximum Gasteiger partial charge on any atom is 0.343 e. The second-order valence-electron chi connectivity index (χ2n) is 9.00. The molecule has 0 radical (unpaired) electrons. The molecule has 7 heteroatoms. The Morgan fingerprint density at radius 3 is 2.36 bits per heavy atom. The zero-order valence-corrected chi connectivity index (χ0v) is 22.2. The lowest BCUT2D eigenvalue weighted by Gasteiger charge is -2.24. The van der Waals surface area contributed by atoms with Crippen LogP contribution in [0.4, 0.5) is 4.39 Å². The zero-order valence-electron chi connectivity index (χ0n) is 22.2. The van der Waals surface area contributed by atoms with Gasteiger partial charge >= 0.3 is 5.97 Å². The molecule has 1 saturated heterocycles. The smallest absolute Gasteiger partial charge is 0.343 e. The molecule has 0 spiro atoms. The topological polar surface area (TPSA) is 57.2 Å². The van der Waals surface area contributed by atoms with Crippen molar-refractivity contribution in [2.45, 2.75) is 6.92 Å². The molecule has 3 aromatic rings. The van der Waals surface area contributed by atoms with Crippen molar-refractivity contribution in [1.29, 1.82) is 0 Å². The van der Waals surface area contributed by atoms with E-state index in [1.54, 1.807) is 24.3 Å². The molecule has 6 nitrogen and oxygen atoms in total. The summed E-state index contributed by atoms with van der Waals surface area (Å²) < 4.78 is 35.1. The van der Waals surface area contributed by atoms with E-state index in [2.05, 4.69) is 21.5 Å². The van der Waals surface area contributed by atoms with Gasteiger partial charge in [-0.25, -0.2) is 9.18 Å². The number of benzene rings is 3. The third-order valence-corrected chi connectivity index (χ3v) is 6.25. The van der Waals surface area contributed by atoms with E-state index in [9.17, 15) is 9.18 Å². The van der Waals surface area contributed by atoms with E-state index >= 15 is 0 Å². The van der Waals surface area contributed by atoms with Gasteiger partial charge in [-0.15, -0.1) is 0 Å². The average molecular weight is 530 g/mol. The number of carbonyl (C=O) groups is 1. The number of methoxy groups -OCH3 is 1. The van der Waals surface area contributed by atoms with Gasteiger partial charge in [-0.2, -0.15) is 0 Å². The first-order valence-electron chi connectivity index (χ1n) is 12.8. The summed E-state index contributed by atoms with van der Waals surface area (Å²) in [6.45, 7) is 6.09. The van der Waals surface area contributed by atoms with Crippen molar-refractivity contribution in [3.63, 3.8) is 0 Å². The molecule has 0 aromatic heterocycles. The van der Waals surface area contributed by atoms with Crippen LogP contribution >= 0.6 is 0 Å². The Kier molecular flexibility index (Phi) is 10.1. The Morgan fingerprint density at radius 1 is 1.00 bits per heavy atom. The minimum atomic E-state index is -0.443. The van der Waals surface area contributed by atoms with E-state index in [4.69, 9.17) is 14.2 Å². The summed E-state index contributed by atoms with van der Waals surface area (Å²) in [6.07, 6.45) is 1.98. The van der Waals surface area contributed by atoms with Crippen LogP contribution in [0.5, 0.6) is 11.5 Å². The lowest BCUT2D eigenvalue weighted by molar-refractivity contribution is -0.142. The van der Waals surface area contributed by atoms with Crippen molar-refractivity contribution < 1.29 is 28.1 Å². The molecule has 3 aromatic carbocycles. The van der Waals surface area contributed by atoms with Gasteiger partial charge < -0.3 is 18.9 Å². The summed E-state index contributed by atoms with van der Waals surface area (Å²) in [7, 11) is 1.32. The van der Waals surface area contributed by atoms with Crippen molar-refractivity contribution in [2.75, 3.05) is 53.2 Å². The average Bonchev–Trinajstić information content (AvgIpc) is 2.96. The van der Waals surface area contributed by atoms with E-state index in [1.807, 2.05) is 43.3 Å². The monoisotopic (exact) mass is 529 g/mol. The van der Waals surface area contributed by atoms with Gasteiger partial charge in [0.05, 0.1) is 26.9 Å². The van der Waals surface area contributed by atoms with Crippen LogP contribution in [0.15, 0.2) is 72.8 Å². The maximum absolute atomic E-state index is 13.6. The molecule has 1 aliphatic heterocycles. The Labute approximate surface area is 228 Å². The molecular formula is C32H32FNO5. The van der Waals surface area contributed by atoms with Crippen LogP contribution in [-0.2, 0) is 14.3 Å². The van der Waals surface area contributed by atoms with Gasteiger partial charge in [0.15, 0.2) is 6.61 Å². The molecule has 0 aliphatic carbocycles. The summed E-state index contributed by atoms with van der Waals surface area (Å²) in [6, 6.07) is 19.8. The Balaban J connectivity index is 1.45. The van der Waals surface area contributed by atoms with Gasteiger partial charge in [0.1, 0.15) is 23.9 Å². The molecule has 0 N–H and O–H groups in total. The maximum atomic E-state index is 13.6. The number of morpholine rings is 1. The molecule has 4 rings (SSSR count). The number of ether oxygens (including phenoxy) is 4. The van der Waals surface area contributed by atoms with E-state index < -0.39 is 5.97 Å². The second kappa shape index (κ2) is 14.1. The van der Waals surface area contributed by atoms with Crippen LogP contribution in [0.1, 0.15) is 22.3 Å². The lowest BCUT2D eigenvalue weighted by Crippen LogP contribution is -2.36. The van der Waals surface area contributed by atoms with E-state index in [0.717, 1.165) is 60.7 Å². The van der Waals surface area contributed by atoms with Crippen molar-refractivity contribution in [1.82, 2.24) is 4.90 Å². The Hall–Kier alpha value is -4.12. The van der Waals surface area contributed by atoms with Gasteiger partial charge in [0.25, 0.3) is 0 Å². The number of aryl methyl sites for hydroxylation is 1. The summed E-state index contributed by atoms with van der Waals surface area (Å²) in [5, 5.41) is 0. The molecular weight excluding hydrogens is 497 g/mol. The lowest BCUT2D eigenvalue weighted by atomic mass is 9.96. The summed E-state index contributed by atoms with van der Waals surface area (Å²) >= 11 is 0. The van der Waals surface area contributed by atoms with Crippen molar-refractivity contribution in [3.05, 3.63) is 101 Å². The quantitative estimate of drug-likeness (QED) is 0.291. The Morgan fingerprint density at radius 2 is 1.69 bits per heavy atom. The van der Waals surface area contributed by atoms with Crippen molar-refractivity contribution in [3.8, 4) is 23.3 Å². The fraction of sp³-hybridized carbons (Fsp3) is 0.281. The molecule has 0 saturated carbocycles. The molecule has 39 heavy (non-hydrogen) atoms. The highest BCUT2D eigenvalue weighted by atomic mass is 19.1. The predicted octanol–water partition coefficient (Wildman–Crippen LogP) is 4.88. The van der Waals surface area contributed by atoms with Crippen LogP contribution in [-0.4, -0.2) is 64.0 Å². The minimum absolute atomic E-state index is 0.153. The number of hydrogen-bond donors (Lipinski definition) is 0. The molecule has 0 atom stereocenters. The summed E-state index contributed by atoms with van der Waals surface area (Å²) in [4.78, 5) is 13.6. The van der Waals surface area contributed by atoms with Gasteiger partial charge in [-0.3, -0.25) is 4.90 Å². The largest absolute Gasteiger partial charge is 0.489 e. The minimum Gasteiger partial charge on any atom is -0.489 e. The number of hydrogen-bond acceptors (Lipinski definition) is 6. The van der Waals surface area contributed by atoms with Crippen LogP contribution in [0.25, 0.3) is 5.57 Å². The fourth-order valence-corrected chi connectivity index (χ4v) is 4.07. The molecule has 1 fully saturated rings. The summed E-state index contributed by atoms with van der Waals surface area (Å²) in [5.74, 6) is 7.01. The van der Waals surface area contributed by atoms with Crippen LogP contribution in [0.3, 0.4) is 0 Å². The van der Waals surface area contributed by atoms with Gasteiger partial charge in [0, 0.05) is 18.7 Å². The normalized spacial score (nSPS) is 13.8. The molecule has 1 aliphatic rings. The van der Waals surface area contributed by atoms with E-state index in [1.165, 1.54) is 19.2 Å². The predicted molar refractivity (Wildman–Crippen MR) is 148 cm³/mol. The number of rotatable bonds is 9. The first kappa shape index (κ1) is 27.9. The van der Waals surface area contributed by atoms with Crippen molar-refractivity contribution in [2.24, 2.45) is 0 Å². The third-order valence-electron chi connectivity index (χ3n) is 6.25. The highest BCUT2D eigenvalue weighted by Gasteiger charge is 2.09. The van der Waals surface area contributed by atoms with Crippen LogP contribution < -0.4 is 9.47 Å². The van der Waals surface area contributed by atoms with Crippen LogP contribution in [0.2, 0.25) is 0 Å². The molecule has 1 heterocycles. The molecule has 0 amide bonds. The molecule has 0 bridgehead atoms. The SMILES string of the molecule is COC(=O)COc1ccc(OC/C=C(/c2ccc(F)cc2)c2ccc(C#CCN3CCOCC3)cc2)cc1C. The van der Waals surface area contributed by atoms with Crippen LogP contribution in [0, 0.1) is 24.6 Å². The van der Waals surface area contributed by atoms with E-state index in [0.29, 0.717) is 18.1 Å². The third kappa shape index (κ3) is 8.44. The standard InChI is InChI=1S/C32H32FNO5/c1-24-22-29(13-14-31(24)39-23-32(35)36-2)38-19-15-30(27-9-11-28(33)12-10-27)26-7-5-25(6-8-26)4-3-16-34-17-20-37-21-18-34/h5-15,22H,16-21,23H2,1-2H3/b30-15+. The number of esters is 1. The first-order valence-corrected chi connectivity index (χ1v) is 12.8.